The van der Waals surface area contributed by atoms with Crippen LogP contribution in [0.25, 0.3) is 0 Å². The normalized spacial score (nSPS) is 15.0. The molecule has 2 aromatic rings. The van der Waals surface area contributed by atoms with Crippen LogP contribution in [-0.4, -0.2) is 14.8 Å². The molecule has 0 aliphatic heterocycles. The van der Waals surface area contributed by atoms with Crippen LogP contribution in [0.2, 0.25) is 0 Å². The molecule has 1 fully saturated rings. The highest BCUT2D eigenvalue weighted by molar-refractivity contribution is 5.42. The standard InChI is InChI=1S/C12H14N4/c1-2-4-10(5-3-1)13-8-12-15-14-9-16(12)11-6-7-11/h1-5,9,11,13H,6-8H2. The Hall–Kier alpha value is -1.84. The summed E-state index contributed by atoms with van der Waals surface area (Å²) in [5.41, 5.74) is 1.12. The highest BCUT2D eigenvalue weighted by Gasteiger charge is 2.25. The number of nitrogens with zero attached hydrogens (tertiary/aromatic N) is 3. The smallest absolute Gasteiger partial charge is 0.152 e. The van der Waals surface area contributed by atoms with Crippen molar-refractivity contribution in [1.29, 1.82) is 0 Å². The number of benzene rings is 1. The largest absolute Gasteiger partial charge is 0.378 e. The summed E-state index contributed by atoms with van der Waals surface area (Å²) in [5.74, 6) is 1.02. The van der Waals surface area contributed by atoms with Crippen LogP contribution in [-0.2, 0) is 6.54 Å². The van der Waals surface area contributed by atoms with Crippen LogP contribution >= 0.6 is 0 Å². The Bertz CT molecular complexity index is 459. The topological polar surface area (TPSA) is 42.7 Å². The Morgan fingerprint density at radius 3 is 2.81 bits per heavy atom. The molecule has 4 nitrogen and oxygen atoms in total. The van der Waals surface area contributed by atoms with Gasteiger partial charge in [-0.3, -0.25) is 0 Å². The van der Waals surface area contributed by atoms with E-state index in [2.05, 4.69) is 32.2 Å². The molecule has 0 saturated heterocycles. The first-order valence-electron chi connectivity index (χ1n) is 5.61. The van der Waals surface area contributed by atoms with E-state index in [1.54, 1.807) is 0 Å². The Morgan fingerprint density at radius 1 is 1.25 bits per heavy atom. The molecule has 1 saturated carbocycles. The second-order valence-electron chi connectivity index (χ2n) is 4.11. The lowest BCUT2D eigenvalue weighted by Crippen LogP contribution is -2.07. The van der Waals surface area contributed by atoms with Gasteiger partial charge in [0, 0.05) is 11.7 Å². The number of nitrogens with one attached hydrogen (secondary N) is 1. The highest BCUT2D eigenvalue weighted by Crippen LogP contribution is 2.35. The molecule has 4 heteroatoms. The van der Waals surface area contributed by atoms with Gasteiger partial charge in [0.15, 0.2) is 5.82 Å². The molecular formula is C12H14N4. The van der Waals surface area contributed by atoms with Crippen LogP contribution in [0.15, 0.2) is 36.7 Å². The summed E-state index contributed by atoms with van der Waals surface area (Å²) >= 11 is 0. The summed E-state index contributed by atoms with van der Waals surface area (Å²) in [6.45, 7) is 0.737. The lowest BCUT2D eigenvalue weighted by atomic mass is 10.3. The van der Waals surface area contributed by atoms with Crippen LogP contribution in [0.4, 0.5) is 5.69 Å². The summed E-state index contributed by atoms with van der Waals surface area (Å²) in [7, 11) is 0. The Balaban J connectivity index is 1.68. The molecule has 1 heterocycles. The summed E-state index contributed by atoms with van der Waals surface area (Å²) in [4.78, 5) is 0. The number of aromatic nitrogens is 3. The van der Waals surface area contributed by atoms with Crippen molar-refractivity contribution in [1.82, 2.24) is 14.8 Å². The van der Waals surface area contributed by atoms with Crippen molar-refractivity contribution in [2.45, 2.75) is 25.4 Å². The Labute approximate surface area is 94.3 Å². The molecule has 1 N–H and O–H groups in total. The fourth-order valence-corrected chi connectivity index (χ4v) is 1.79. The molecule has 16 heavy (non-hydrogen) atoms. The predicted octanol–water partition coefficient (Wildman–Crippen LogP) is 2.23. The fourth-order valence-electron chi connectivity index (χ4n) is 1.79. The maximum absolute atomic E-state index is 4.14. The van der Waals surface area contributed by atoms with Gasteiger partial charge in [-0.1, -0.05) is 18.2 Å². The minimum Gasteiger partial charge on any atom is -0.378 e. The molecule has 0 radical (unpaired) electrons. The molecule has 0 amide bonds. The van der Waals surface area contributed by atoms with Crippen LogP contribution in [0, 0.1) is 0 Å². The van der Waals surface area contributed by atoms with Crippen LogP contribution in [0.1, 0.15) is 24.7 Å². The first-order chi connectivity index (χ1) is 7.93. The van der Waals surface area contributed by atoms with E-state index in [1.165, 1.54) is 12.8 Å². The number of hydrogen-bond donors (Lipinski definition) is 1. The van der Waals surface area contributed by atoms with Gasteiger partial charge in [0.05, 0.1) is 6.54 Å². The van der Waals surface area contributed by atoms with Crippen LogP contribution in [0.5, 0.6) is 0 Å². The van der Waals surface area contributed by atoms with Gasteiger partial charge >= 0.3 is 0 Å². The summed E-state index contributed by atoms with van der Waals surface area (Å²) in [5, 5.41) is 11.5. The van der Waals surface area contributed by atoms with Crippen LogP contribution < -0.4 is 5.32 Å². The van der Waals surface area contributed by atoms with E-state index in [4.69, 9.17) is 0 Å². The maximum atomic E-state index is 4.14. The quantitative estimate of drug-likeness (QED) is 0.848. The van der Waals surface area contributed by atoms with E-state index in [9.17, 15) is 0 Å². The van der Waals surface area contributed by atoms with E-state index in [0.29, 0.717) is 6.04 Å². The van der Waals surface area contributed by atoms with Gasteiger partial charge in [-0.05, 0) is 25.0 Å². The molecule has 1 aromatic heterocycles. The van der Waals surface area contributed by atoms with Gasteiger partial charge in [-0.25, -0.2) is 0 Å². The zero-order valence-corrected chi connectivity index (χ0v) is 9.00. The molecule has 82 valence electrons. The second-order valence-corrected chi connectivity index (χ2v) is 4.11. The third-order valence-electron chi connectivity index (χ3n) is 2.81. The lowest BCUT2D eigenvalue weighted by molar-refractivity contribution is 0.690. The molecule has 0 unspecified atom stereocenters. The minimum atomic E-state index is 0.641. The molecule has 1 aliphatic carbocycles. The van der Waals surface area contributed by atoms with E-state index >= 15 is 0 Å². The summed E-state index contributed by atoms with van der Waals surface area (Å²) < 4.78 is 2.18. The van der Waals surface area contributed by atoms with Gasteiger partial charge in [0.1, 0.15) is 6.33 Å². The first-order valence-corrected chi connectivity index (χ1v) is 5.61. The van der Waals surface area contributed by atoms with Crippen molar-refractivity contribution >= 4 is 5.69 Å². The van der Waals surface area contributed by atoms with E-state index < -0.39 is 0 Å². The highest BCUT2D eigenvalue weighted by atomic mass is 15.3. The lowest BCUT2D eigenvalue weighted by Gasteiger charge is -2.07. The van der Waals surface area contributed by atoms with Crippen molar-refractivity contribution < 1.29 is 0 Å². The van der Waals surface area contributed by atoms with Gasteiger partial charge in [0.2, 0.25) is 0 Å². The molecule has 1 aliphatic rings. The van der Waals surface area contributed by atoms with Crippen molar-refractivity contribution in [2.75, 3.05) is 5.32 Å². The van der Waals surface area contributed by atoms with E-state index in [0.717, 1.165) is 18.1 Å². The molecule has 0 atom stereocenters. The number of hydrogen-bond acceptors (Lipinski definition) is 3. The van der Waals surface area contributed by atoms with Crippen molar-refractivity contribution in [3.8, 4) is 0 Å². The first kappa shape index (κ1) is 9.39. The Morgan fingerprint density at radius 2 is 2.06 bits per heavy atom. The number of anilines is 1. The molecule has 0 bridgehead atoms. The number of para-hydroxylation sites is 1. The third-order valence-corrected chi connectivity index (χ3v) is 2.81. The number of rotatable bonds is 4. The monoisotopic (exact) mass is 214 g/mol. The zero-order valence-electron chi connectivity index (χ0n) is 9.00. The zero-order chi connectivity index (χ0) is 10.8. The van der Waals surface area contributed by atoms with Gasteiger partial charge < -0.3 is 9.88 Å². The minimum absolute atomic E-state index is 0.641. The summed E-state index contributed by atoms with van der Waals surface area (Å²) in [6, 6.07) is 10.8. The van der Waals surface area contributed by atoms with Crippen molar-refractivity contribution in [3.63, 3.8) is 0 Å². The van der Waals surface area contributed by atoms with Gasteiger partial charge in [-0.2, -0.15) is 0 Å². The SMILES string of the molecule is c1ccc(NCc2nncn2C2CC2)cc1. The third kappa shape index (κ3) is 1.91. The molecule has 0 spiro atoms. The Kier molecular flexibility index (Phi) is 2.33. The van der Waals surface area contributed by atoms with Crippen molar-refractivity contribution in [2.24, 2.45) is 0 Å². The molecule has 3 rings (SSSR count). The molecule has 1 aromatic carbocycles. The molecular weight excluding hydrogens is 200 g/mol. The maximum Gasteiger partial charge on any atom is 0.152 e. The average Bonchev–Trinajstić information content (AvgIpc) is 3.07. The van der Waals surface area contributed by atoms with Crippen molar-refractivity contribution in [3.05, 3.63) is 42.5 Å². The van der Waals surface area contributed by atoms with Gasteiger partial charge in [-0.15, -0.1) is 10.2 Å². The predicted molar refractivity (Wildman–Crippen MR) is 62.1 cm³/mol. The second kappa shape index (κ2) is 3.96. The van der Waals surface area contributed by atoms with E-state index in [-0.39, 0.29) is 0 Å². The van der Waals surface area contributed by atoms with Gasteiger partial charge in [0.25, 0.3) is 0 Å². The fraction of sp³-hybridized carbons (Fsp3) is 0.333. The van der Waals surface area contributed by atoms with E-state index in [1.807, 2.05) is 24.5 Å². The average molecular weight is 214 g/mol. The summed E-state index contributed by atoms with van der Waals surface area (Å²) in [6.07, 6.45) is 4.35. The van der Waals surface area contributed by atoms with Crippen LogP contribution in [0.3, 0.4) is 0 Å².